The molecule has 1 aliphatic rings. The molecule has 4 nitrogen and oxygen atoms in total. The third-order valence-electron chi connectivity index (χ3n) is 4.56. The number of ether oxygens (including phenoxy) is 1. The lowest BCUT2D eigenvalue weighted by molar-refractivity contribution is -0.149. The number of nitrogens with zero attached hydrogens (tertiary/aromatic N) is 1. The van der Waals surface area contributed by atoms with Crippen molar-refractivity contribution in [3.63, 3.8) is 0 Å². The summed E-state index contributed by atoms with van der Waals surface area (Å²) in [7, 11) is 0. The Balaban J connectivity index is 1.67. The fraction of sp³-hybridized carbons (Fsp3) is 0.421. The summed E-state index contributed by atoms with van der Waals surface area (Å²) in [4.78, 5) is 14.2. The van der Waals surface area contributed by atoms with Crippen molar-refractivity contribution in [2.45, 2.75) is 26.3 Å². The van der Waals surface area contributed by atoms with Crippen LogP contribution < -0.4 is 0 Å². The highest BCUT2D eigenvalue weighted by molar-refractivity contribution is 5.87. The molecule has 0 unspecified atom stereocenters. The maximum atomic E-state index is 11.8. The van der Waals surface area contributed by atoms with E-state index in [1.54, 1.807) is 6.07 Å². The van der Waals surface area contributed by atoms with Crippen LogP contribution in [0.1, 0.15) is 25.3 Å². The summed E-state index contributed by atoms with van der Waals surface area (Å²) in [5.74, 6) is 0.288. The van der Waals surface area contributed by atoms with Gasteiger partial charge in [-0.25, -0.2) is 0 Å². The second kappa shape index (κ2) is 7.01. The molecule has 2 aromatic carbocycles. The second-order valence-electron chi connectivity index (χ2n) is 6.13. The van der Waals surface area contributed by atoms with E-state index in [0.29, 0.717) is 12.4 Å². The molecule has 1 N–H and O–H groups in total. The van der Waals surface area contributed by atoms with Gasteiger partial charge < -0.3 is 9.84 Å². The molecule has 1 saturated heterocycles. The van der Waals surface area contributed by atoms with Crippen LogP contribution in [0, 0.1) is 5.92 Å². The van der Waals surface area contributed by atoms with Crippen molar-refractivity contribution < 1.29 is 14.6 Å². The van der Waals surface area contributed by atoms with E-state index in [1.165, 1.54) is 5.56 Å². The van der Waals surface area contributed by atoms with E-state index in [-0.39, 0.29) is 11.9 Å². The first-order chi connectivity index (χ1) is 11.2. The van der Waals surface area contributed by atoms with Crippen LogP contribution in [-0.2, 0) is 16.1 Å². The fourth-order valence-corrected chi connectivity index (χ4v) is 3.29. The topological polar surface area (TPSA) is 49.8 Å². The third-order valence-corrected chi connectivity index (χ3v) is 4.56. The summed E-state index contributed by atoms with van der Waals surface area (Å²) in [6.07, 6.45) is 1.71. The number of esters is 1. The molecule has 0 amide bonds. The number of rotatable bonds is 4. The monoisotopic (exact) mass is 313 g/mol. The van der Waals surface area contributed by atoms with Gasteiger partial charge in [0.05, 0.1) is 12.5 Å². The van der Waals surface area contributed by atoms with Gasteiger partial charge in [0.15, 0.2) is 0 Å². The molecular formula is C19H23NO3. The van der Waals surface area contributed by atoms with Gasteiger partial charge in [-0.2, -0.15) is 0 Å². The number of likely N-dealkylation sites (tertiary alicyclic amines) is 1. The summed E-state index contributed by atoms with van der Waals surface area (Å²) >= 11 is 0. The second-order valence-corrected chi connectivity index (χ2v) is 6.13. The summed E-state index contributed by atoms with van der Waals surface area (Å²) in [5.41, 5.74) is 1.22. The number of hydrogen-bond donors (Lipinski definition) is 1. The van der Waals surface area contributed by atoms with Crippen molar-refractivity contribution in [3.05, 3.63) is 42.0 Å². The molecule has 0 atom stereocenters. The number of carbonyl (C=O) groups is 1. The van der Waals surface area contributed by atoms with Crippen LogP contribution in [0.3, 0.4) is 0 Å². The summed E-state index contributed by atoms with van der Waals surface area (Å²) < 4.78 is 5.12. The molecule has 1 fully saturated rings. The zero-order chi connectivity index (χ0) is 16.2. The minimum atomic E-state index is -0.0535. The minimum Gasteiger partial charge on any atom is -0.508 e. The molecule has 0 aromatic heterocycles. The van der Waals surface area contributed by atoms with E-state index in [2.05, 4.69) is 23.1 Å². The smallest absolute Gasteiger partial charge is 0.309 e. The van der Waals surface area contributed by atoms with E-state index >= 15 is 0 Å². The normalized spacial score (nSPS) is 16.6. The Morgan fingerprint density at radius 1 is 1.26 bits per heavy atom. The van der Waals surface area contributed by atoms with Gasteiger partial charge in [-0.3, -0.25) is 9.69 Å². The first-order valence-electron chi connectivity index (χ1n) is 8.27. The standard InChI is InChI=1S/C19H23NO3/c1-2-23-19(22)15-8-10-20(11-9-15)13-16-5-3-4-14-6-7-17(21)12-18(14)16/h3-7,12,15,21H,2,8-11,13H2,1H3. The molecule has 4 heteroatoms. The Kier molecular flexibility index (Phi) is 4.82. The lowest BCUT2D eigenvalue weighted by Crippen LogP contribution is -2.36. The Hall–Kier alpha value is -2.07. The van der Waals surface area contributed by atoms with Crippen LogP contribution in [0.25, 0.3) is 10.8 Å². The molecule has 0 saturated carbocycles. The molecule has 23 heavy (non-hydrogen) atoms. The average Bonchev–Trinajstić information content (AvgIpc) is 2.56. The van der Waals surface area contributed by atoms with Gasteiger partial charge in [0.25, 0.3) is 0 Å². The molecule has 0 spiro atoms. The molecule has 3 rings (SSSR count). The Bertz CT molecular complexity index is 690. The van der Waals surface area contributed by atoms with Crippen molar-refractivity contribution in [1.82, 2.24) is 4.90 Å². The number of phenols is 1. The van der Waals surface area contributed by atoms with Crippen LogP contribution in [0.5, 0.6) is 5.75 Å². The van der Waals surface area contributed by atoms with Crippen LogP contribution in [0.15, 0.2) is 36.4 Å². The first-order valence-corrected chi connectivity index (χ1v) is 8.27. The molecule has 1 aliphatic heterocycles. The van der Waals surface area contributed by atoms with Crippen molar-refractivity contribution >= 4 is 16.7 Å². The third kappa shape index (κ3) is 3.64. The van der Waals surface area contributed by atoms with E-state index < -0.39 is 0 Å². The molecule has 2 aromatic rings. The van der Waals surface area contributed by atoms with Crippen LogP contribution in [0.2, 0.25) is 0 Å². The number of fused-ring (bicyclic) bond motifs is 1. The van der Waals surface area contributed by atoms with Crippen molar-refractivity contribution in [2.75, 3.05) is 19.7 Å². The number of piperidine rings is 1. The molecule has 0 radical (unpaired) electrons. The Morgan fingerprint density at radius 3 is 2.78 bits per heavy atom. The van der Waals surface area contributed by atoms with E-state index in [4.69, 9.17) is 4.74 Å². The van der Waals surface area contributed by atoms with Gasteiger partial charge in [0, 0.05) is 6.54 Å². The van der Waals surface area contributed by atoms with E-state index in [9.17, 15) is 9.90 Å². The van der Waals surface area contributed by atoms with Gasteiger partial charge in [-0.15, -0.1) is 0 Å². The predicted molar refractivity (Wildman–Crippen MR) is 90.2 cm³/mol. The van der Waals surface area contributed by atoms with E-state index in [0.717, 1.165) is 43.2 Å². The molecule has 1 heterocycles. The molecule has 122 valence electrons. The quantitative estimate of drug-likeness (QED) is 0.880. The van der Waals surface area contributed by atoms with Crippen molar-refractivity contribution in [3.8, 4) is 5.75 Å². The van der Waals surface area contributed by atoms with Crippen molar-refractivity contribution in [1.29, 1.82) is 0 Å². The average molecular weight is 313 g/mol. The lowest BCUT2D eigenvalue weighted by atomic mass is 9.96. The van der Waals surface area contributed by atoms with Crippen LogP contribution in [0.4, 0.5) is 0 Å². The summed E-state index contributed by atoms with van der Waals surface area (Å²) in [5, 5.41) is 12.0. The van der Waals surface area contributed by atoms with Gasteiger partial charge in [0.1, 0.15) is 5.75 Å². The number of carbonyl (C=O) groups excluding carboxylic acids is 1. The number of aromatic hydroxyl groups is 1. The molecule has 0 aliphatic carbocycles. The Labute approximate surface area is 136 Å². The van der Waals surface area contributed by atoms with Crippen LogP contribution in [-0.4, -0.2) is 35.7 Å². The van der Waals surface area contributed by atoms with Crippen LogP contribution >= 0.6 is 0 Å². The zero-order valence-electron chi connectivity index (χ0n) is 13.5. The Morgan fingerprint density at radius 2 is 2.04 bits per heavy atom. The maximum absolute atomic E-state index is 11.8. The molecule has 0 bridgehead atoms. The highest BCUT2D eigenvalue weighted by Crippen LogP contribution is 2.26. The lowest BCUT2D eigenvalue weighted by Gasteiger charge is -2.31. The highest BCUT2D eigenvalue weighted by atomic mass is 16.5. The van der Waals surface area contributed by atoms with Gasteiger partial charge in [0.2, 0.25) is 0 Å². The van der Waals surface area contributed by atoms with E-state index in [1.807, 2.05) is 19.1 Å². The SMILES string of the molecule is CCOC(=O)C1CCN(Cc2cccc3ccc(O)cc23)CC1. The number of benzene rings is 2. The minimum absolute atomic E-state index is 0.0442. The van der Waals surface area contributed by atoms with Crippen molar-refractivity contribution in [2.24, 2.45) is 5.92 Å². The highest BCUT2D eigenvalue weighted by Gasteiger charge is 2.26. The summed E-state index contributed by atoms with van der Waals surface area (Å²) in [6, 6.07) is 11.7. The van der Waals surface area contributed by atoms with Gasteiger partial charge in [-0.05, 0) is 61.3 Å². The predicted octanol–water partition coefficient (Wildman–Crippen LogP) is 3.32. The molecular weight excluding hydrogens is 290 g/mol. The van der Waals surface area contributed by atoms with Gasteiger partial charge >= 0.3 is 5.97 Å². The summed E-state index contributed by atoms with van der Waals surface area (Å²) in [6.45, 7) is 4.95. The first kappa shape index (κ1) is 15.8. The zero-order valence-corrected chi connectivity index (χ0v) is 13.5. The van der Waals surface area contributed by atoms with Gasteiger partial charge in [-0.1, -0.05) is 24.3 Å². The number of phenolic OH excluding ortho intramolecular Hbond substituents is 1. The largest absolute Gasteiger partial charge is 0.508 e. The maximum Gasteiger partial charge on any atom is 0.309 e. The fourth-order valence-electron chi connectivity index (χ4n) is 3.29. The number of hydrogen-bond acceptors (Lipinski definition) is 4.